The Balaban J connectivity index is 2.95. The van der Waals surface area contributed by atoms with E-state index in [0.717, 1.165) is 23.5 Å². The Bertz CT molecular complexity index is 440. The van der Waals surface area contributed by atoms with Crippen LogP contribution in [0.2, 0.25) is 0 Å². The largest absolute Gasteiger partial charge is 0.496 e. The van der Waals surface area contributed by atoms with Crippen LogP contribution < -0.4 is 19.5 Å². The third kappa shape index (κ3) is 4.07. The monoisotopic (exact) mass is 277 g/mol. The Morgan fingerprint density at radius 2 is 1.75 bits per heavy atom. The summed E-state index contributed by atoms with van der Waals surface area (Å²) >= 11 is 0. The smallest absolute Gasteiger partial charge is 0.130 e. The van der Waals surface area contributed by atoms with Gasteiger partial charge in [0.1, 0.15) is 17.2 Å². The van der Waals surface area contributed by atoms with Crippen LogP contribution in [0.25, 0.3) is 0 Å². The number of ether oxygens (including phenoxy) is 3. The molecular weight excluding hydrogens is 254 g/mol. The molecule has 0 radical (unpaired) electrons. The van der Waals surface area contributed by atoms with Crippen LogP contribution in [-0.2, 0) is 6.54 Å². The van der Waals surface area contributed by atoms with Crippen molar-refractivity contribution in [3.63, 3.8) is 0 Å². The number of rotatable bonds is 8. The number of methoxy groups -OCH3 is 3. The molecule has 0 aliphatic carbocycles. The molecular formula is C16H23NO3. The molecule has 0 aliphatic heterocycles. The van der Waals surface area contributed by atoms with E-state index in [-0.39, 0.29) is 6.04 Å². The minimum Gasteiger partial charge on any atom is -0.496 e. The SMILES string of the molecule is C#CCC(CC)NCc1c(OC)cc(OC)cc1OC. The highest BCUT2D eigenvalue weighted by molar-refractivity contribution is 5.50. The van der Waals surface area contributed by atoms with Crippen molar-refractivity contribution in [1.82, 2.24) is 5.32 Å². The highest BCUT2D eigenvalue weighted by Crippen LogP contribution is 2.34. The number of nitrogens with one attached hydrogen (secondary N) is 1. The van der Waals surface area contributed by atoms with Crippen molar-refractivity contribution in [2.45, 2.75) is 32.4 Å². The lowest BCUT2D eigenvalue weighted by Crippen LogP contribution is -2.27. The molecule has 4 heteroatoms. The Morgan fingerprint density at radius 1 is 1.15 bits per heavy atom. The molecule has 1 rings (SSSR count). The van der Waals surface area contributed by atoms with Gasteiger partial charge in [0.15, 0.2) is 0 Å². The standard InChI is InChI=1S/C16H23NO3/c1-6-8-12(7-2)17-11-14-15(19-4)9-13(18-3)10-16(14)20-5/h1,9-10,12,17H,7-8,11H2,2-5H3. The summed E-state index contributed by atoms with van der Waals surface area (Å²) in [5.74, 6) is 4.87. The van der Waals surface area contributed by atoms with E-state index < -0.39 is 0 Å². The van der Waals surface area contributed by atoms with Gasteiger partial charge in [-0.2, -0.15) is 0 Å². The molecule has 4 nitrogen and oxygen atoms in total. The lowest BCUT2D eigenvalue weighted by molar-refractivity contribution is 0.364. The van der Waals surface area contributed by atoms with E-state index in [1.54, 1.807) is 21.3 Å². The topological polar surface area (TPSA) is 39.7 Å². The molecule has 110 valence electrons. The zero-order chi connectivity index (χ0) is 15.0. The highest BCUT2D eigenvalue weighted by Gasteiger charge is 2.14. The van der Waals surface area contributed by atoms with Gasteiger partial charge in [0.25, 0.3) is 0 Å². The van der Waals surface area contributed by atoms with Gasteiger partial charge in [0, 0.05) is 31.1 Å². The average molecular weight is 277 g/mol. The molecule has 1 atom stereocenters. The van der Waals surface area contributed by atoms with Crippen LogP contribution in [0.1, 0.15) is 25.3 Å². The summed E-state index contributed by atoms with van der Waals surface area (Å²) in [6, 6.07) is 3.99. The predicted octanol–water partition coefficient (Wildman–Crippen LogP) is 2.60. The van der Waals surface area contributed by atoms with Gasteiger partial charge in [-0.3, -0.25) is 0 Å². The van der Waals surface area contributed by atoms with E-state index in [0.29, 0.717) is 18.7 Å². The molecule has 1 N–H and O–H groups in total. The summed E-state index contributed by atoms with van der Waals surface area (Å²) < 4.78 is 16.1. The zero-order valence-electron chi connectivity index (χ0n) is 12.7. The summed E-state index contributed by atoms with van der Waals surface area (Å²) in [5, 5.41) is 3.43. The van der Waals surface area contributed by atoms with E-state index in [1.165, 1.54) is 0 Å². The molecule has 0 heterocycles. The first-order valence-electron chi connectivity index (χ1n) is 6.65. The molecule has 0 saturated heterocycles. The molecule has 0 aromatic heterocycles. The fourth-order valence-electron chi connectivity index (χ4n) is 2.00. The maximum absolute atomic E-state index is 5.42. The van der Waals surface area contributed by atoms with E-state index >= 15 is 0 Å². The van der Waals surface area contributed by atoms with Crippen LogP contribution in [0.15, 0.2) is 12.1 Å². The quantitative estimate of drug-likeness (QED) is 0.741. The minimum absolute atomic E-state index is 0.288. The summed E-state index contributed by atoms with van der Waals surface area (Å²) in [6.07, 6.45) is 7.05. The van der Waals surface area contributed by atoms with Crippen molar-refractivity contribution in [1.29, 1.82) is 0 Å². The van der Waals surface area contributed by atoms with Crippen molar-refractivity contribution >= 4 is 0 Å². The third-order valence-corrected chi connectivity index (χ3v) is 3.24. The number of hydrogen-bond donors (Lipinski definition) is 1. The average Bonchev–Trinajstić information content (AvgIpc) is 2.50. The Labute approximate surface area is 121 Å². The first kappa shape index (κ1) is 16.2. The lowest BCUT2D eigenvalue weighted by Gasteiger charge is -2.18. The van der Waals surface area contributed by atoms with Crippen LogP contribution in [-0.4, -0.2) is 27.4 Å². The van der Waals surface area contributed by atoms with Crippen molar-refractivity contribution < 1.29 is 14.2 Å². The van der Waals surface area contributed by atoms with Gasteiger partial charge in [-0.1, -0.05) is 6.92 Å². The molecule has 0 amide bonds. The molecule has 1 aromatic rings. The molecule has 20 heavy (non-hydrogen) atoms. The van der Waals surface area contributed by atoms with Crippen molar-refractivity contribution in [3.8, 4) is 29.6 Å². The third-order valence-electron chi connectivity index (χ3n) is 3.24. The first-order chi connectivity index (χ1) is 9.69. The Morgan fingerprint density at radius 3 is 2.15 bits per heavy atom. The van der Waals surface area contributed by atoms with Crippen LogP contribution in [0, 0.1) is 12.3 Å². The normalized spacial score (nSPS) is 11.6. The summed E-state index contributed by atoms with van der Waals surface area (Å²) in [5.41, 5.74) is 0.964. The van der Waals surface area contributed by atoms with Crippen molar-refractivity contribution in [2.24, 2.45) is 0 Å². The molecule has 0 spiro atoms. The molecule has 0 bridgehead atoms. The first-order valence-corrected chi connectivity index (χ1v) is 6.65. The second-order valence-electron chi connectivity index (χ2n) is 4.40. The molecule has 0 saturated carbocycles. The second-order valence-corrected chi connectivity index (χ2v) is 4.40. The van der Waals surface area contributed by atoms with Crippen LogP contribution in [0.5, 0.6) is 17.2 Å². The number of benzene rings is 1. The maximum Gasteiger partial charge on any atom is 0.130 e. The summed E-state index contributed by atoms with van der Waals surface area (Å²) in [6.45, 7) is 2.74. The lowest BCUT2D eigenvalue weighted by atomic mass is 10.1. The summed E-state index contributed by atoms with van der Waals surface area (Å²) in [4.78, 5) is 0. The highest BCUT2D eigenvalue weighted by atomic mass is 16.5. The fraction of sp³-hybridized carbons (Fsp3) is 0.500. The fourth-order valence-corrected chi connectivity index (χ4v) is 2.00. The van der Waals surface area contributed by atoms with E-state index in [2.05, 4.69) is 18.2 Å². The van der Waals surface area contributed by atoms with E-state index in [9.17, 15) is 0 Å². The van der Waals surface area contributed by atoms with E-state index in [1.807, 2.05) is 12.1 Å². The van der Waals surface area contributed by atoms with Gasteiger partial charge in [0.05, 0.1) is 26.9 Å². The Kier molecular flexibility index (Phi) is 6.75. The van der Waals surface area contributed by atoms with E-state index in [4.69, 9.17) is 20.6 Å². The molecule has 0 fully saturated rings. The van der Waals surface area contributed by atoms with Crippen LogP contribution in [0.3, 0.4) is 0 Å². The molecule has 0 aliphatic rings. The van der Waals surface area contributed by atoms with Gasteiger partial charge in [-0.25, -0.2) is 0 Å². The van der Waals surface area contributed by atoms with Crippen molar-refractivity contribution in [3.05, 3.63) is 17.7 Å². The Hall–Kier alpha value is -1.86. The number of terminal acetylenes is 1. The molecule has 1 unspecified atom stereocenters. The van der Waals surface area contributed by atoms with Crippen LogP contribution >= 0.6 is 0 Å². The maximum atomic E-state index is 5.42. The van der Waals surface area contributed by atoms with Gasteiger partial charge >= 0.3 is 0 Å². The van der Waals surface area contributed by atoms with Gasteiger partial charge in [-0.15, -0.1) is 12.3 Å². The number of hydrogen-bond acceptors (Lipinski definition) is 4. The second kappa shape index (κ2) is 8.34. The van der Waals surface area contributed by atoms with Gasteiger partial charge < -0.3 is 19.5 Å². The van der Waals surface area contributed by atoms with Crippen LogP contribution in [0.4, 0.5) is 0 Å². The van der Waals surface area contributed by atoms with Gasteiger partial charge in [0.2, 0.25) is 0 Å². The minimum atomic E-state index is 0.288. The zero-order valence-corrected chi connectivity index (χ0v) is 12.7. The van der Waals surface area contributed by atoms with Gasteiger partial charge in [-0.05, 0) is 6.42 Å². The summed E-state index contributed by atoms with van der Waals surface area (Å²) in [7, 11) is 4.89. The predicted molar refractivity (Wildman–Crippen MR) is 80.5 cm³/mol. The molecule has 1 aromatic carbocycles. The van der Waals surface area contributed by atoms with Crippen molar-refractivity contribution in [2.75, 3.05) is 21.3 Å².